The van der Waals surface area contributed by atoms with E-state index in [2.05, 4.69) is 15.5 Å². The SMILES string of the molecule is Cc1cc(Oc2ccc(NC(=O)C3C4CCCC43)cc2)n[nH]1. The Bertz CT molecular complexity index is 682. The number of ether oxygens (including phenoxy) is 1. The molecule has 4 rings (SSSR count). The van der Waals surface area contributed by atoms with E-state index in [4.69, 9.17) is 4.74 Å². The van der Waals surface area contributed by atoms with Crippen LogP contribution in [0, 0.1) is 24.7 Å². The molecule has 1 heterocycles. The summed E-state index contributed by atoms with van der Waals surface area (Å²) in [5, 5.41) is 9.87. The zero-order chi connectivity index (χ0) is 15.1. The quantitative estimate of drug-likeness (QED) is 0.907. The Kier molecular flexibility index (Phi) is 3.13. The number of benzene rings is 1. The number of aromatic nitrogens is 2. The number of H-pyrrole nitrogens is 1. The summed E-state index contributed by atoms with van der Waals surface area (Å²) in [6, 6.07) is 9.25. The number of anilines is 1. The number of nitrogens with zero attached hydrogens (tertiary/aromatic N) is 1. The molecule has 2 N–H and O–H groups in total. The largest absolute Gasteiger partial charge is 0.438 e. The van der Waals surface area contributed by atoms with Gasteiger partial charge < -0.3 is 10.1 Å². The van der Waals surface area contributed by atoms with Crippen LogP contribution in [0.25, 0.3) is 0 Å². The highest BCUT2D eigenvalue weighted by Crippen LogP contribution is 2.57. The van der Waals surface area contributed by atoms with Crippen LogP contribution in [0.15, 0.2) is 30.3 Å². The molecular weight excluding hydrogens is 278 g/mol. The summed E-state index contributed by atoms with van der Waals surface area (Å²) in [6.07, 6.45) is 3.73. The molecule has 0 radical (unpaired) electrons. The summed E-state index contributed by atoms with van der Waals surface area (Å²) < 4.78 is 5.62. The highest BCUT2D eigenvalue weighted by Gasteiger charge is 2.56. The van der Waals surface area contributed by atoms with E-state index in [0.717, 1.165) is 11.4 Å². The van der Waals surface area contributed by atoms with Crippen LogP contribution in [0.4, 0.5) is 5.69 Å². The molecule has 2 unspecified atom stereocenters. The van der Waals surface area contributed by atoms with E-state index in [9.17, 15) is 4.79 Å². The van der Waals surface area contributed by atoms with Crippen LogP contribution in [0.1, 0.15) is 25.0 Å². The maximum atomic E-state index is 12.2. The van der Waals surface area contributed by atoms with Crippen molar-refractivity contribution in [3.05, 3.63) is 36.0 Å². The van der Waals surface area contributed by atoms with E-state index in [1.54, 1.807) is 0 Å². The number of nitrogens with one attached hydrogen (secondary N) is 2. The number of fused-ring (bicyclic) bond motifs is 1. The second-order valence-electron chi connectivity index (χ2n) is 6.29. The van der Waals surface area contributed by atoms with Gasteiger partial charge in [-0.3, -0.25) is 9.89 Å². The van der Waals surface area contributed by atoms with Gasteiger partial charge in [-0.25, -0.2) is 0 Å². The highest BCUT2D eigenvalue weighted by atomic mass is 16.5. The molecule has 0 bridgehead atoms. The predicted molar refractivity (Wildman–Crippen MR) is 82.8 cm³/mol. The summed E-state index contributed by atoms with van der Waals surface area (Å²) in [5.74, 6) is 2.95. The summed E-state index contributed by atoms with van der Waals surface area (Å²) in [6.45, 7) is 1.92. The maximum absolute atomic E-state index is 12.2. The van der Waals surface area contributed by atoms with Gasteiger partial charge in [0.05, 0.1) is 0 Å². The molecule has 5 nitrogen and oxygen atoms in total. The van der Waals surface area contributed by atoms with Crippen molar-refractivity contribution in [1.82, 2.24) is 10.2 Å². The van der Waals surface area contributed by atoms with Crippen molar-refractivity contribution in [3.8, 4) is 11.6 Å². The van der Waals surface area contributed by atoms with Gasteiger partial charge in [0.15, 0.2) is 0 Å². The first-order valence-corrected chi connectivity index (χ1v) is 7.81. The van der Waals surface area contributed by atoms with Crippen molar-refractivity contribution in [2.24, 2.45) is 17.8 Å². The number of hydrogen-bond acceptors (Lipinski definition) is 3. The van der Waals surface area contributed by atoms with Gasteiger partial charge in [0.25, 0.3) is 0 Å². The molecule has 2 aliphatic carbocycles. The normalized spacial score (nSPS) is 25.6. The van der Waals surface area contributed by atoms with Crippen LogP contribution in [-0.4, -0.2) is 16.1 Å². The monoisotopic (exact) mass is 297 g/mol. The van der Waals surface area contributed by atoms with Gasteiger partial charge in [0.1, 0.15) is 5.75 Å². The van der Waals surface area contributed by atoms with Gasteiger partial charge in [0.2, 0.25) is 11.8 Å². The molecule has 2 fully saturated rings. The summed E-state index contributed by atoms with van der Waals surface area (Å²) in [5.41, 5.74) is 1.77. The number of carbonyl (C=O) groups excluding carboxylic acids is 1. The second-order valence-corrected chi connectivity index (χ2v) is 6.29. The molecule has 5 heteroatoms. The predicted octanol–water partition coefficient (Wildman–Crippen LogP) is 3.50. The molecule has 22 heavy (non-hydrogen) atoms. The van der Waals surface area contributed by atoms with Crippen molar-refractivity contribution in [3.63, 3.8) is 0 Å². The lowest BCUT2D eigenvalue weighted by molar-refractivity contribution is -0.118. The Morgan fingerprint density at radius 1 is 1.27 bits per heavy atom. The topological polar surface area (TPSA) is 67.0 Å². The Labute approximate surface area is 129 Å². The van der Waals surface area contributed by atoms with Gasteiger partial charge in [-0.15, -0.1) is 5.10 Å². The van der Waals surface area contributed by atoms with Crippen molar-refractivity contribution >= 4 is 11.6 Å². The average Bonchev–Trinajstić information content (AvgIpc) is 2.84. The number of hydrogen-bond donors (Lipinski definition) is 2. The maximum Gasteiger partial charge on any atom is 0.238 e. The highest BCUT2D eigenvalue weighted by molar-refractivity contribution is 5.95. The van der Waals surface area contributed by atoms with Crippen LogP contribution < -0.4 is 10.1 Å². The fraction of sp³-hybridized carbons (Fsp3) is 0.412. The number of rotatable bonds is 4. The van der Waals surface area contributed by atoms with E-state index in [-0.39, 0.29) is 11.8 Å². The first-order chi connectivity index (χ1) is 10.7. The summed E-state index contributed by atoms with van der Waals surface area (Å²) in [4.78, 5) is 12.2. The zero-order valence-electron chi connectivity index (χ0n) is 12.5. The van der Waals surface area contributed by atoms with Crippen LogP contribution in [0.5, 0.6) is 11.6 Å². The Morgan fingerprint density at radius 3 is 2.64 bits per heavy atom. The molecule has 2 saturated carbocycles. The minimum atomic E-state index is 0.172. The van der Waals surface area contributed by atoms with Crippen molar-refractivity contribution < 1.29 is 9.53 Å². The lowest BCUT2D eigenvalue weighted by Crippen LogP contribution is -2.16. The molecule has 1 amide bonds. The molecule has 1 aromatic heterocycles. The summed E-state index contributed by atoms with van der Waals surface area (Å²) in [7, 11) is 0. The number of carbonyl (C=O) groups is 1. The second kappa shape index (κ2) is 5.16. The van der Waals surface area contributed by atoms with Crippen LogP contribution in [0.2, 0.25) is 0 Å². The third-order valence-corrected chi connectivity index (χ3v) is 4.74. The first-order valence-electron chi connectivity index (χ1n) is 7.81. The Morgan fingerprint density at radius 2 is 2.00 bits per heavy atom. The lowest BCUT2D eigenvalue weighted by Gasteiger charge is -2.07. The molecule has 2 aromatic rings. The van der Waals surface area contributed by atoms with Crippen LogP contribution in [0.3, 0.4) is 0 Å². The first kappa shape index (κ1) is 13.4. The molecule has 0 aliphatic heterocycles. The van der Waals surface area contributed by atoms with E-state index >= 15 is 0 Å². The fourth-order valence-electron chi connectivity index (χ4n) is 3.61. The van der Waals surface area contributed by atoms with Crippen molar-refractivity contribution in [1.29, 1.82) is 0 Å². The van der Waals surface area contributed by atoms with E-state index < -0.39 is 0 Å². The Hall–Kier alpha value is -2.30. The number of amides is 1. The van der Waals surface area contributed by atoms with Gasteiger partial charge >= 0.3 is 0 Å². The van der Waals surface area contributed by atoms with Crippen LogP contribution in [-0.2, 0) is 4.79 Å². The minimum absolute atomic E-state index is 0.172. The summed E-state index contributed by atoms with van der Waals surface area (Å²) >= 11 is 0. The van der Waals surface area contributed by atoms with Gasteiger partial charge in [0, 0.05) is 23.4 Å². The van der Waals surface area contributed by atoms with Crippen LogP contribution >= 0.6 is 0 Å². The molecule has 0 spiro atoms. The molecule has 1 aromatic carbocycles. The number of aromatic amines is 1. The smallest absolute Gasteiger partial charge is 0.238 e. The molecule has 114 valence electrons. The van der Waals surface area contributed by atoms with Gasteiger partial charge in [-0.05, 0) is 55.9 Å². The minimum Gasteiger partial charge on any atom is -0.438 e. The molecule has 0 saturated heterocycles. The molecule has 2 aliphatic rings. The van der Waals surface area contributed by atoms with Gasteiger partial charge in [-0.2, -0.15) is 0 Å². The van der Waals surface area contributed by atoms with E-state index in [1.807, 2.05) is 37.3 Å². The molecular formula is C17H19N3O2. The zero-order valence-corrected chi connectivity index (χ0v) is 12.5. The van der Waals surface area contributed by atoms with E-state index in [0.29, 0.717) is 23.5 Å². The third kappa shape index (κ3) is 2.47. The fourth-order valence-corrected chi connectivity index (χ4v) is 3.61. The third-order valence-electron chi connectivity index (χ3n) is 4.74. The van der Waals surface area contributed by atoms with Gasteiger partial charge in [-0.1, -0.05) is 6.42 Å². The van der Waals surface area contributed by atoms with Crippen molar-refractivity contribution in [2.75, 3.05) is 5.32 Å². The Balaban J connectivity index is 1.36. The molecule has 2 atom stereocenters. The van der Waals surface area contributed by atoms with E-state index in [1.165, 1.54) is 19.3 Å². The average molecular weight is 297 g/mol. The lowest BCUT2D eigenvalue weighted by atomic mass is 10.1. The van der Waals surface area contributed by atoms with Crippen molar-refractivity contribution in [2.45, 2.75) is 26.2 Å². The number of aryl methyl sites for hydroxylation is 1. The standard InChI is InChI=1S/C17H19N3O2/c1-10-9-15(20-19-10)22-12-7-5-11(6-8-12)18-17(21)16-13-3-2-4-14(13)16/h5-9,13-14,16H,2-4H2,1H3,(H,18,21)(H,19,20).